The molecule has 0 spiro atoms. The van der Waals surface area contributed by atoms with Crippen LogP contribution >= 0.6 is 11.8 Å². The molecule has 4 nitrogen and oxygen atoms in total. The molecule has 3 rings (SSSR count). The monoisotopic (exact) mass is 543 g/mol. The molecule has 0 saturated carbocycles. The number of hydrogen-bond donors (Lipinski definition) is 2. The van der Waals surface area contributed by atoms with E-state index in [4.69, 9.17) is 5.11 Å². The van der Waals surface area contributed by atoms with Crippen molar-refractivity contribution in [3.8, 4) is 11.1 Å². The highest BCUT2D eigenvalue weighted by Gasteiger charge is 2.30. The fraction of sp³-hybridized carbons (Fsp3) is 0.333. The van der Waals surface area contributed by atoms with Gasteiger partial charge in [0.2, 0.25) is 0 Å². The van der Waals surface area contributed by atoms with E-state index in [-0.39, 0.29) is 18.9 Å². The zero-order chi connectivity index (χ0) is 27.9. The van der Waals surface area contributed by atoms with E-state index < -0.39 is 17.7 Å². The van der Waals surface area contributed by atoms with Gasteiger partial charge in [0, 0.05) is 22.8 Å². The molecular weight excluding hydrogens is 511 g/mol. The molecule has 1 unspecified atom stereocenters. The number of carbonyl (C=O) groups is 2. The Morgan fingerprint density at radius 2 is 1.58 bits per heavy atom. The number of amides is 1. The third-order valence-electron chi connectivity index (χ3n) is 6.31. The van der Waals surface area contributed by atoms with Gasteiger partial charge in [0.1, 0.15) is 0 Å². The van der Waals surface area contributed by atoms with E-state index in [1.54, 1.807) is 23.9 Å². The molecule has 202 valence electrons. The van der Waals surface area contributed by atoms with Crippen molar-refractivity contribution in [2.75, 3.05) is 12.3 Å². The first-order valence-corrected chi connectivity index (χ1v) is 13.4. The molecule has 2 N–H and O–H groups in total. The fourth-order valence-electron chi connectivity index (χ4n) is 4.23. The molecular formula is C30H32F3NO3S. The van der Waals surface area contributed by atoms with Crippen LogP contribution in [-0.4, -0.2) is 29.3 Å². The van der Waals surface area contributed by atoms with Crippen molar-refractivity contribution < 1.29 is 27.9 Å². The predicted octanol–water partition coefficient (Wildman–Crippen LogP) is 7.55. The number of hydrogen-bond acceptors (Lipinski definition) is 3. The highest BCUT2D eigenvalue weighted by atomic mass is 32.2. The average Bonchev–Trinajstić information content (AvgIpc) is 2.85. The number of carboxylic acid groups (broad SMARTS) is 1. The molecule has 3 aromatic carbocycles. The van der Waals surface area contributed by atoms with E-state index in [0.29, 0.717) is 11.5 Å². The molecule has 1 atom stereocenters. The first-order chi connectivity index (χ1) is 17.9. The number of alkyl halides is 3. The largest absolute Gasteiger partial charge is 0.481 e. The first kappa shape index (κ1) is 29.3. The maximum absolute atomic E-state index is 12.9. The molecule has 0 saturated heterocycles. The second kappa shape index (κ2) is 13.0. The summed E-state index contributed by atoms with van der Waals surface area (Å²) in [6.07, 6.45) is -2.58. The lowest BCUT2D eigenvalue weighted by Gasteiger charge is -2.16. The molecule has 0 bridgehead atoms. The van der Waals surface area contributed by atoms with Crippen molar-refractivity contribution in [1.29, 1.82) is 0 Å². The number of thioether (sulfide) groups is 1. The van der Waals surface area contributed by atoms with Crippen LogP contribution in [0.3, 0.4) is 0 Å². The highest BCUT2D eigenvalue weighted by Crippen LogP contribution is 2.35. The number of aryl methyl sites for hydroxylation is 3. The van der Waals surface area contributed by atoms with Gasteiger partial charge in [0.25, 0.3) is 5.91 Å². The van der Waals surface area contributed by atoms with Gasteiger partial charge in [-0.25, -0.2) is 0 Å². The molecule has 0 aliphatic heterocycles. The van der Waals surface area contributed by atoms with Gasteiger partial charge in [-0.05, 0) is 96.8 Å². The van der Waals surface area contributed by atoms with Crippen LogP contribution in [0.4, 0.5) is 13.2 Å². The van der Waals surface area contributed by atoms with Crippen LogP contribution in [0.15, 0.2) is 65.6 Å². The lowest BCUT2D eigenvalue weighted by Crippen LogP contribution is -2.25. The van der Waals surface area contributed by atoms with Gasteiger partial charge in [-0.2, -0.15) is 13.2 Å². The van der Waals surface area contributed by atoms with Crippen LogP contribution in [0.25, 0.3) is 11.1 Å². The number of rotatable bonds is 11. The Labute approximate surface area is 225 Å². The summed E-state index contributed by atoms with van der Waals surface area (Å²) in [4.78, 5) is 23.8. The van der Waals surface area contributed by atoms with Crippen LogP contribution < -0.4 is 5.32 Å². The summed E-state index contributed by atoms with van der Waals surface area (Å²) >= 11 is 1.77. The molecule has 0 aliphatic carbocycles. The zero-order valence-electron chi connectivity index (χ0n) is 21.7. The molecule has 0 fully saturated rings. The molecule has 8 heteroatoms. The summed E-state index contributed by atoms with van der Waals surface area (Å²) in [5.74, 6) is 0.155. The highest BCUT2D eigenvalue weighted by molar-refractivity contribution is 7.99. The van der Waals surface area contributed by atoms with Crippen LogP contribution in [0.5, 0.6) is 0 Å². The van der Waals surface area contributed by atoms with Crippen LogP contribution in [0, 0.1) is 19.8 Å². The van der Waals surface area contributed by atoms with Crippen molar-refractivity contribution in [3.63, 3.8) is 0 Å². The van der Waals surface area contributed by atoms with Crippen LogP contribution in [0.1, 0.15) is 52.4 Å². The quantitative estimate of drug-likeness (QED) is 0.245. The number of nitrogens with one attached hydrogen (secondary N) is 1. The summed E-state index contributed by atoms with van der Waals surface area (Å²) in [5.41, 5.74) is 4.81. The minimum absolute atomic E-state index is 0.0991. The van der Waals surface area contributed by atoms with E-state index in [9.17, 15) is 22.8 Å². The van der Waals surface area contributed by atoms with Gasteiger partial charge in [0.05, 0.1) is 12.0 Å². The Bertz CT molecular complexity index is 1230. The normalized spacial score (nSPS) is 12.3. The van der Waals surface area contributed by atoms with Crippen molar-refractivity contribution in [2.45, 2.75) is 51.1 Å². The average molecular weight is 544 g/mol. The summed E-state index contributed by atoms with van der Waals surface area (Å²) in [6, 6.07) is 16.9. The van der Waals surface area contributed by atoms with E-state index in [0.717, 1.165) is 63.4 Å². The van der Waals surface area contributed by atoms with Gasteiger partial charge < -0.3 is 10.4 Å². The molecule has 0 heterocycles. The second-order valence-electron chi connectivity index (χ2n) is 9.56. The van der Waals surface area contributed by atoms with Crippen molar-refractivity contribution >= 4 is 23.6 Å². The topological polar surface area (TPSA) is 66.4 Å². The van der Waals surface area contributed by atoms with Crippen LogP contribution in [0.2, 0.25) is 0 Å². The number of carboxylic acids is 1. The summed E-state index contributed by atoms with van der Waals surface area (Å²) in [5, 5.41) is 11.3. The minimum atomic E-state index is -4.34. The Hall–Kier alpha value is -3.26. The molecule has 0 aromatic heterocycles. The number of carbonyl (C=O) groups excluding carboxylic acids is 1. The Morgan fingerprint density at radius 1 is 0.974 bits per heavy atom. The minimum Gasteiger partial charge on any atom is -0.481 e. The Kier molecular flexibility index (Phi) is 10.0. The van der Waals surface area contributed by atoms with Crippen molar-refractivity contribution in [3.05, 3.63) is 88.5 Å². The predicted molar refractivity (Wildman–Crippen MR) is 146 cm³/mol. The standard InChI is InChI=1S/C30H32F3NO3S/c1-19(4-5-22-6-8-24(9-7-22)29(37)34-15-14-27(35)36)18-38-26-16-20(2)28(21(3)17-26)23-10-12-25(13-11-23)30(31,32)33/h6-13,16-17,19H,4-5,14-15,18H2,1-3H3,(H,34,37)(H,35,36). The Balaban J connectivity index is 1.51. The van der Waals surface area contributed by atoms with E-state index in [1.165, 1.54) is 12.1 Å². The maximum atomic E-state index is 12.9. The van der Waals surface area contributed by atoms with Gasteiger partial charge in [-0.15, -0.1) is 11.8 Å². The van der Waals surface area contributed by atoms with Gasteiger partial charge in [-0.3, -0.25) is 9.59 Å². The summed E-state index contributed by atoms with van der Waals surface area (Å²) < 4.78 is 38.7. The van der Waals surface area contributed by atoms with E-state index in [2.05, 4.69) is 24.4 Å². The number of halogens is 3. The second-order valence-corrected chi connectivity index (χ2v) is 10.7. The molecule has 1 amide bonds. The van der Waals surface area contributed by atoms with Gasteiger partial charge in [0.15, 0.2) is 0 Å². The molecule has 38 heavy (non-hydrogen) atoms. The van der Waals surface area contributed by atoms with Crippen molar-refractivity contribution in [2.24, 2.45) is 5.92 Å². The first-order valence-electron chi connectivity index (χ1n) is 12.4. The van der Waals surface area contributed by atoms with E-state index >= 15 is 0 Å². The SMILES string of the molecule is Cc1cc(SCC(C)CCc2ccc(C(=O)NCCC(=O)O)cc2)cc(C)c1-c1ccc(C(F)(F)F)cc1. The number of aliphatic carboxylic acids is 1. The summed E-state index contributed by atoms with van der Waals surface area (Å²) in [6.45, 7) is 6.28. The lowest BCUT2D eigenvalue weighted by atomic mass is 9.95. The van der Waals surface area contributed by atoms with E-state index in [1.807, 2.05) is 26.0 Å². The zero-order valence-corrected chi connectivity index (χ0v) is 22.5. The maximum Gasteiger partial charge on any atom is 0.416 e. The third-order valence-corrected chi connectivity index (χ3v) is 7.61. The fourth-order valence-corrected chi connectivity index (χ4v) is 5.39. The van der Waals surface area contributed by atoms with Crippen LogP contribution in [-0.2, 0) is 17.4 Å². The van der Waals surface area contributed by atoms with Gasteiger partial charge >= 0.3 is 12.1 Å². The molecule has 3 aromatic rings. The third kappa shape index (κ3) is 8.38. The summed E-state index contributed by atoms with van der Waals surface area (Å²) in [7, 11) is 0. The smallest absolute Gasteiger partial charge is 0.416 e. The molecule has 0 aliphatic rings. The van der Waals surface area contributed by atoms with Gasteiger partial charge in [-0.1, -0.05) is 31.2 Å². The molecule has 0 radical (unpaired) electrons. The number of benzene rings is 3. The Morgan fingerprint density at radius 3 is 2.13 bits per heavy atom. The van der Waals surface area contributed by atoms with Crippen molar-refractivity contribution in [1.82, 2.24) is 5.32 Å². The lowest BCUT2D eigenvalue weighted by molar-refractivity contribution is -0.138.